The van der Waals surface area contributed by atoms with Crippen molar-refractivity contribution in [2.75, 3.05) is 31.6 Å². The number of aliphatic hydroxyl groups is 1. The summed E-state index contributed by atoms with van der Waals surface area (Å²) in [6, 6.07) is 4.25. The Balaban J connectivity index is 1.91. The minimum absolute atomic E-state index is 0.654. The number of anilines is 1. The molecule has 1 N–H and O–H groups in total. The Kier molecular flexibility index (Phi) is 4.42. The number of rotatable bonds is 5. The SMILES string of the molecule is CN(Cc1ccc(N2CCCC2)nc1)CC(C)(C)O. The van der Waals surface area contributed by atoms with Crippen molar-refractivity contribution in [3.8, 4) is 0 Å². The summed E-state index contributed by atoms with van der Waals surface area (Å²) in [6.07, 6.45) is 4.50. The van der Waals surface area contributed by atoms with Crippen molar-refractivity contribution in [1.82, 2.24) is 9.88 Å². The highest BCUT2D eigenvalue weighted by molar-refractivity contribution is 5.40. The first kappa shape index (κ1) is 14.3. The normalized spacial score (nSPS) is 16.4. The lowest BCUT2D eigenvalue weighted by Gasteiger charge is -2.25. The summed E-state index contributed by atoms with van der Waals surface area (Å²) in [5.41, 5.74) is 0.534. The lowest BCUT2D eigenvalue weighted by Crippen LogP contribution is -2.35. The minimum Gasteiger partial charge on any atom is -0.389 e. The van der Waals surface area contributed by atoms with Crippen LogP contribution in [-0.4, -0.2) is 47.3 Å². The molecule has 106 valence electrons. The summed E-state index contributed by atoms with van der Waals surface area (Å²) in [7, 11) is 2.02. The van der Waals surface area contributed by atoms with Gasteiger partial charge < -0.3 is 10.0 Å². The summed E-state index contributed by atoms with van der Waals surface area (Å²) < 4.78 is 0. The molecule has 4 nitrogen and oxygen atoms in total. The van der Waals surface area contributed by atoms with Crippen molar-refractivity contribution in [3.05, 3.63) is 23.9 Å². The number of aromatic nitrogens is 1. The number of nitrogens with zero attached hydrogens (tertiary/aromatic N) is 3. The molecular formula is C15H25N3O. The summed E-state index contributed by atoms with van der Waals surface area (Å²) in [6.45, 7) is 7.39. The van der Waals surface area contributed by atoms with Gasteiger partial charge in [-0.15, -0.1) is 0 Å². The van der Waals surface area contributed by atoms with Gasteiger partial charge in [0.2, 0.25) is 0 Å². The number of hydrogen-bond acceptors (Lipinski definition) is 4. The van der Waals surface area contributed by atoms with Gasteiger partial charge in [-0.1, -0.05) is 6.07 Å². The Morgan fingerprint density at radius 3 is 2.53 bits per heavy atom. The Bertz CT molecular complexity index is 391. The summed E-state index contributed by atoms with van der Waals surface area (Å²) in [4.78, 5) is 9.00. The average Bonchev–Trinajstić information content (AvgIpc) is 2.80. The fourth-order valence-corrected chi connectivity index (χ4v) is 2.67. The van der Waals surface area contributed by atoms with Gasteiger partial charge in [0, 0.05) is 32.4 Å². The van der Waals surface area contributed by atoms with Gasteiger partial charge in [0.25, 0.3) is 0 Å². The van der Waals surface area contributed by atoms with Crippen LogP contribution in [0, 0.1) is 0 Å². The van der Waals surface area contributed by atoms with Crippen LogP contribution in [0.1, 0.15) is 32.3 Å². The number of hydrogen-bond donors (Lipinski definition) is 1. The molecule has 1 aliphatic rings. The molecule has 4 heteroatoms. The fourth-order valence-electron chi connectivity index (χ4n) is 2.67. The molecule has 1 aliphatic heterocycles. The van der Waals surface area contributed by atoms with E-state index in [0.717, 1.165) is 25.5 Å². The van der Waals surface area contributed by atoms with Gasteiger partial charge in [0.1, 0.15) is 5.82 Å². The smallest absolute Gasteiger partial charge is 0.128 e. The predicted octanol–water partition coefficient (Wildman–Crippen LogP) is 1.88. The Hall–Kier alpha value is -1.13. The molecule has 0 radical (unpaired) electrons. The monoisotopic (exact) mass is 263 g/mol. The van der Waals surface area contributed by atoms with Gasteiger partial charge >= 0.3 is 0 Å². The third-order valence-corrected chi connectivity index (χ3v) is 3.35. The standard InChI is InChI=1S/C15H25N3O/c1-15(2,19)12-17(3)11-13-6-7-14(16-10-13)18-8-4-5-9-18/h6-7,10,19H,4-5,8-9,11-12H2,1-3H3. The lowest BCUT2D eigenvalue weighted by molar-refractivity contribution is 0.0424. The maximum atomic E-state index is 9.79. The maximum absolute atomic E-state index is 9.79. The van der Waals surface area contributed by atoms with Crippen molar-refractivity contribution >= 4 is 5.82 Å². The maximum Gasteiger partial charge on any atom is 0.128 e. The van der Waals surface area contributed by atoms with Crippen molar-refractivity contribution in [2.45, 2.75) is 38.8 Å². The first-order valence-electron chi connectivity index (χ1n) is 7.05. The van der Waals surface area contributed by atoms with Crippen LogP contribution in [0.3, 0.4) is 0 Å². The van der Waals surface area contributed by atoms with Crippen LogP contribution in [0.5, 0.6) is 0 Å². The minimum atomic E-state index is -0.655. The summed E-state index contributed by atoms with van der Waals surface area (Å²) in [5.74, 6) is 1.09. The van der Waals surface area contributed by atoms with Crippen LogP contribution in [0.2, 0.25) is 0 Å². The third kappa shape index (κ3) is 4.48. The second-order valence-corrected chi connectivity index (χ2v) is 6.20. The molecule has 1 saturated heterocycles. The molecule has 0 bridgehead atoms. The Morgan fingerprint density at radius 1 is 1.32 bits per heavy atom. The highest BCUT2D eigenvalue weighted by Crippen LogP contribution is 2.18. The van der Waals surface area contributed by atoms with Gasteiger partial charge in [-0.2, -0.15) is 0 Å². The number of likely N-dealkylation sites (N-methyl/N-ethyl adjacent to an activating group) is 1. The molecule has 2 rings (SSSR count). The van der Waals surface area contributed by atoms with Crippen molar-refractivity contribution in [1.29, 1.82) is 0 Å². The van der Waals surface area contributed by atoms with E-state index in [0.29, 0.717) is 6.54 Å². The average molecular weight is 263 g/mol. The highest BCUT2D eigenvalue weighted by Gasteiger charge is 2.16. The Labute approximate surface area is 116 Å². The van der Waals surface area contributed by atoms with E-state index in [9.17, 15) is 5.11 Å². The lowest BCUT2D eigenvalue weighted by atomic mass is 10.1. The van der Waals surface area contributed by atoms with Gasteiger partial charge in [-0.25, -0.2) is 4.98 Å². The van der Waals surface area contributed by atoms with Crippen molar-refractivity contribution in [3.63, 3.8) is 0 Å². The zero-order chi connectivity index (χ0) is 13.9. The van der Waals surface area contributed by atoms with E-state index < -0.39 is 5.60 Å². The Morgan fingerprint density at radius 2 is 2.00 bits per heavy atom. The second kappa shape index (κ2) is 5.88. The van der Waals surface area contributed by atoms with E-state index in [2.05, 4.69) is 26.9 Å². The van der Waals surface area contributed by atoms with E-state index in [1.165, 1.54) is 18.4 Å². The van der Waals surface area contributed by atoms with Crippen LogP contribution in [0.15, 0.2) is 18.3 Å². The predicted molar refractivity (Wildman–Crippen MR) is 78.3 cm³/mol. The fraction of sp³-hybridized carbons (Fsp3) is 0.667. The molecule has 1 fully saturated rings. The zero-order valence-electron chi connectivity index (χ0n) is 12.3. The quantitative estimate of drug-likeness (QED) is 0.880. The first-order valence-corrected chi connectivity index (χ1v) is 7.05. The molecular weight excluding hydrogens is 238 g/mol. The van der Waals surface area contributed by atoms with Gasteiger partial charge in [0.15, 0.2) is 0 Å². The summed E-state index contributed by atoms with van der Waals surface area (Å²) >= 11 is 0. The molecule has 0 atom stereocenters. The van der Waals surface area contributed by atoms with Crippen molar-refractivity contribution < 1.29 is 5.11 Å². The largest absolute Gasteiger partial charge is 0.389 e. The van der Waals surface area contributed by atoms with E-state index in [4.69, 9.17) is 0 Å². The van der Waals surface area contributed by atoms with E-state index in [-0.39, 0.29) is 0 Å². The molecule has 0 aliphatic carbocycles. The molecule has 2 heterocycles. The molecule has 0 amide bonds. The third-order valence-electron chi connectivity index (χ3n) is 3.35. The first-order chi connectivity index (χ1) is 8.94. The zero-order valence-corrected chi connectivity index (χ0v) is 12.3. The van der Waals surface area contributed by atoms with Crippen LogP contribution < -0.4 is 4.90 Å². The van der Waals surface area contributed by atoms with E-state index in [1.54, 1.807) is 0 Å². The molecule has 19 heavy (non-hydrogen) atoms. The summed E-state index contributed by atoms with van der Waals surface area (Å²) in [5, 5.41) is 9.79. The van der Waals surface area contributed by atoms with Crippen LogP contribution >= 0.6 is 0 Å². The molecule has 1 aromatic heterocycles. The van der Waals surface area contributed by atoms with Gasteiger partial charge in [0.05, 0.1) is 5.60 Å². The molecule has 0 unspecified atom stereocenters. The van der Waals surface area contributed by atoms with E-state index in [1.807, 2.05) is 27.1 Å². The molecule has 0 saturated carbocycles. The topological polar surface area (TPSA) is 39.6 Å². The van der Waals surface area contributed by atoms with Gasteiger partial charge in [-0.05, 0) is 45.4 Å². The van der Waals surface area contributed by atoms with Gasteiger partial charge in [-0.3, -0.25) is 4.90 Å². The van der Waals surface area contributed by atoms with Crippen LogP contribution in [-0.2, 0) is 6.54 Å². The molecule has 0 spiro atoms. The van der Waals surface area contributed by atoms with Crippen LogP contribution in [0.4, 0.5) is 5.82 Å². The van der Waals surface area contributed by atoms with Crippen LogP contribution in [0.25, 0.3) is 0 Å². The van der Waals surface area contributed by atoms with E-state index >= 15 is 0 Å². The molecule has 0 aromatic carbocycles. The molecule has 1 aromatic rings. The van der Waals surface area contributed by atoms with Crippen molar-refractivity contribution in [2.24, 2.45) is 0 Å². The highest BCUT2D eigenvalue weighted by atomic mass is 16.3. The second-order valence-electron chi connectivity index (χ2n) is 6.20. The number of pyridine rings is 1.